The molecule has 6 nitrogen and oxygen atoms in total. The number of carbonyl (C=O) groups is 3. The standard InChI is InChI=1S/3C2H4O2.CH3Ge/c3*1-2(3)4;1-2/h3*1H3,(H,3,4);1H3. The normalized spacial score (nSPS) is 5.79. The average molecular weight is 268 g/mol. The van der Waals surface area contributed by atoms with Crippen LogP contribution in [0.15, 0.2) is 0 Å². The van der Waals surface area contributed by atoms with E-state index in [1.54, 1.807) is 0 Å². The van der Waals surface area contributed by atoms with Crippen LogP contribution in [0.1, 0.15) is 20.8 Å². The van der Waals surface area contributed by atoms with Gasteiger partial charge in [0.25, 0.3) is 17.9 Å². The summed E-state index contributed by atoms with van der Waals surface area (Å²) in [4.78, 5) is 27.0. The second-order valence-corrected chi connectivity index (χ2v) is 1.56. The van der Waals surface area contributed by atoms with Crippen LogP contribution in [0, 0.1) is 0 Å². The molecular formula is C7H15GeO6. The van der Waals surface area contributed by atoms with Crippen LogP contribution in [-0.4, -0.2) is 49.7 Å². The summed E-state index contributed by atoms with van der Waals surface area (Å²) in [7, 11) is 0. The molecule has 0 aliphatic carbocycles. The van der Waals surface area contributed by atoms with Crippen LogP contribution in [0.25, 0.3) is 0 Å². The van der Waals surface area contributed by atoms with Gasteiger partial charge in [-0.15, -0.1) is 0 Å². The first-order chi connectivity index (χ1) is 6.20. The van der Waals surface area contributed by atoms with E-state index < -0.39 is 17.9 Å². The Morgan fingerprint density at radius 1 is 0.714 bits per heavy atom. The van der Waals surface area contributed by atoms with Gasteiger partial charge in [-0.2, -0.15) is 0 Å². The van der Waals surface area contributed by atoms with E-state index in [0.717, 1.165) is 20.8 Å². The van der Waals surface area contributed by atoms with Gasteiger partial charge in [-0.1, -0.05) is 0 Å². The van der Waals surface area contributed by atoms with Crippen molar-refractivity contribution in [3.63, 3.8) is 0 Å². The zero-order chi connectivity index (χ0) is 12.7. The van der Waals surface area contributed by atoms with Crippen molar-refractivity contribution in [2.24, 2.45) is 0 Å². The Kier molecular flexibility index (Phi) is 37.4. The van der Waals surface area contributed by atoms with Gasteiger partial charge in [0, 0.05) is 20.8 Å². The number of rotatable bonds is 0. The molecule has 83 valence electrons. The van der Waals surface area contributed by atoms with Gasteiger partial charge in [-0.25, -0.2) is 0 Å². The van der Waals surface area contributed by atoms with Crippen molar-refractivity contribution >= 4 is 34.4 Å². The van der Waals surface area contributed by atoms with Gasteiger partial charge in [0.1, 0.15) is 0 Å². The molecular weight excluding hydrogens is 253 g/mol. The summed E-state index contributed by atoms with van der Waals surface area (Å²) in [5.74, 6) is -0.500. The number of hydrogen-bond donors (Lipinski definition) is 3. The van der Waals surface area contributed by atoms with Crippen molar-refractivity contribution in [2.45, 2.75) is 26.5 Å². The third-order valence-corrected chi connectivity index (χ3v) is 0. The van der Waals surface area contributed by atoms with E-state index in [1.165, 1.54) is 0 Å². The number of carboxylic acids is 3. The van der Waals surface area contributed by atoms with Crippen LogP contribution < -0.4 is 0 Å². The third kappa shape index (κ3) is 989. The molecule has 0 aliphatic heterocycles. The summed E-state index contributed by atoms with van der Waals surface area (Å²) >= 11 is 2.00. The van der Waals surface area contributed by atoms with Crippen LogP contribution in [0.5, 0.6) is 0 Å². The molecule has 7 heteroatoms. The Balaban J connectivity index is -0.0000000492. The summed E-state index contributed by atoms with van der Waals surface area (Å²) in [6.07, 6.45) is 0. The first-order valence-corrected chi connectivity index (χ1v) is 5.38. The summed E-state index contributed by atoms with van der Waals surface area (Å²) < 4.78 is 0. The molecule has 0 unspecified atom stereocenters. The third-order valence-electron chi connectivity index (χ3n) is 0. The molecule has 0 aromatic carbocycles. The van der Waals surface area contributed by atoms with Crippen molar-refractivity contribution in [3.8, 4) is 0 Å². The molecule has 0 heterocycles. The van der Waals surface area contributed by atoms with Gasteiger partial charge in [0.2, 0.25) is 0 Å². The van der Waals surface area contributed by atoms with Gasteiger partial charge >= 0.3 is 22.3 Å². The number of hydrogen-bond acceptors (Lipinski definition) is 3. The fraction of sp³-hybridized carbons (Fsp3) is 0.571. The van der Waals surface area contributed by atoms with Crippen LogP contribution in [0.2, 0.25) is 5.76 Å². The maximum absolute atomic E-state index is 9.00. The zero-order valence-corrected chi connectivity index (χ0v) is 10.7. The fourth-order valence-corrected chi connectivity index (χ4v) is 0. The minimum atomic E-state index is -0.833. The topological polar surface area (TPSA) is 112 Å². The molecule has 0 spiro atoms. The number of carboxylic acid groups (broad SMARTS) is 3. The fourth-order valence-electron chi connectivity index (χ4n) is 0. The SMILES string of the molecule is CC(=O)O.CC(=O)O.CC(=O)O.[CH3][Ge]. The van der Waals surface area contributed by atoms with Gasteiger partial charge in [0.05, 0.1) is 0 Å². The molecule has 0 fully saturated rings. The van der Waals surface area contributed by atoms with E-state index in [0.29, 0.717) is 0 Å². The van der Waals surface area contributed by atoms with Crippen LogP contribution in [-0.2, 0) is 14.4 Å². The van der Waals surface area contributed by atoms with Crippen LogP contribution in [0.4, 0.5) is 0 Å². The molecule has 0 aromatic rings. The van der Waals surface area contributed by atoms with E-state index in [9.17, 15) is 0 Å². The van der Waals surface area contributed by atoms with E-state index in [1.807, 2.05) is 22.3 Å². The van der Waals surface area contributed by atoms with Crippen LogP contribution >= 0.6 is 0 Å². The quantitative estimate of drug-likeness (QED) is 0.550. The molecule has 0 atom stereocenters. The average Bonchev–Trinajstić information content (AvgIpc) is 1.86. The molecule has 0 aliphatic rings. The molecule has 3 N–H and O–H groups in total. The molecule has 0 amide bonds. The zero-order valence-electron chi connectivity index (χ0n) is 8.57. The van der Waals surface area contributed by atoms with Crippen molar-refractivity contribution in [3.05, 3.63) is 0 Å². The van der Waals surface area contributed by atoms with Gasteiger partial charge in [-0.05, 0) is 0 Å². The first kappa shape index (κ1) is 23.1. The summed E-state index contributed by atoms with van der Waals surface area (Å²) in [6.45, 7) is 3.25. The molecule has 0 saturated carbocycles. The summed E-state index contributed by atoms with van der Waals surface area (Å²) in [5.41, 5.74) is 0. The predicted molar refractivity (Wildman–Crippen MR) is 51.5 cm³/mol. The first-order valence-electron chi connectivity index (χ1n) is 3.28. The van der Waals surface area contributed by atoms with E-state index >= 15 is 0 Å². The Labute approximate surface area is 91.2 Å². The maximum atomic E-state index is 9.00. The van der Waals surface area contributed by atoms with Crippen molar-refractivity contribution in [1.82, 2.24) is 0 Å². The summed E-state index contributed by atoms with van der Waals surface area (Å²) in [5, 5.41) is 22.2. The second-order valence-electron chi connectivity index (χ2n) is 1.56. The summed E-state index contributed by atoms with van der Waals surface area (Å²) in [6, 6.07) is 0. The molecule has 0 saturated heterocycles. The Bertz CT molecular complexity index is 116. The Morgan fingerprint density at radius 2 is 0.714 bits per heavy atom. The van der Waals surface area contributed by atoms with Gasteiger partial charge in [-0.3, -0.25) is 14.4 Å². The van der Waals surface area contributed by atoms with E-state index in [-0.39, 0.29) is 0 Å². The molecule has 0 rings (SSSR count). The molecule has 0 aromatic heterocycles. The molecule has 3 radical (unpaired) electrons. The second kappa shape index (κ2) is 22.7. The Morgan fingerprint density at radius 3 is 0.714 bits per heavy atom. The van der Waals surface area contributed by atoms with E-state index in [2.05, 4.69) is 0 Å². The Hall–Kier alpha value is -1.05. The van der Waals surface area contributed by atoms with Crippen molar-refractivity contribution < 1.29 is 29.7 Å². The molecule has 0 bridgehead atoms. The van der Waals surface area contributed by atoms with Gasteiger partial charge in [0.15, 0.2) is 0 Å². The van der Waals surface area contributed by atoms with Crippen molar-refractivity contribution in [2.75, 3.05) is 0 Å². The van der Waals surface area contributed by atoms with Crippen LogP contribution in [0.3, 0.4) is 0 Å². The molecule has 14 heavy (non-hydrogen) atoms. The monoisotopic (exact) mass is 269 g/mol. The number of aliphatic carboxylic acids is 3. The van der Waals surface area contributed by atoms with Gasteiger partial charge < -0.3 is 15.3 Å². The van der Waals surface area contributed by atoms with E-state index in [4.69, 9.17) is 29.7 Å². The predicted octanol–water partition coefficient (Wildman–Crippen LogP) is 0.476. The minimum absolute atomic E-state index is 0.833. The van der Waals surface area contributed by atoms with Crippen molar-refractivity contribution in [1.29, 1.82) is 0 Å².